The van der Waals surface area contributed by atoms with Crippen LogP contribution >= 0.6 is 11.6 Å². The summed E-state index contributed by atoms with van der Waals surface area (Å²) >= 11 is 5.23. The van der Waals surface area contributed by atoms with Crippen molar-refractivity contribution in [2.45, 2.75) is 5.28 Å². The molecule has 0 aliphatic heterocycles. The van der Waals surface area contributed by atoms with Gasteiger partial charge in [-0.15, -0.1) is 11.6 Å². The summed E-state index contributed by atoms with van der Waals surface area (Å²) in [7, 11) is -1.63. The molecule has 0 fully saturated rings. The summed E-state index contributed by atoms with van der Waals surface area (Å²) < 4.78 is 0. The molecule has 0 aromatic rings. The number of alkyl halides is 1. The van der Waals surface area contributed by atoms with Crippen molar-refractivity contribution in [3.63, 3.8) is 0 Å². The van der Waals surface area contributed by atoms with E-state index in [9.17, 15) is 0 Å². The fourth-order valence-corrected chi connectivity index (χ4v) is 0.271. The predicted molar refractivity (Wildman–Crippen MR) is 33.8 cm³/mol. The number of hydrogen-bond acceptors (Lipinski definition) is 3. The maximum Gasteiger partial charge on any atom is 0.470 e. The maximum absolute atomic E-state index is 8.29. The van der Waals surface area contributed by atoms with Crippen molar-refractivity contribution >= 4 is 18.7 Å². The van der Waals surface area contributed by atoms with Gasteiger partial charge in [0, 0.05) is 11.5 Å². The van der Waals surface area contributed by atoms with Crippen LogP contribution in [0.1, 0.15) is 0 Å². The van der Waals surface area contributed by atoms with Crippen molar-refractivity contribution in [2.24, 2.45) is 5.11 Å². The van der Waals surface area contributed by atoms with Crippen LogP contribution in [0.3, 0.4) is 0 Å². The van der Waals surface area contributed by atoms with E-state index in [0.29, 0.717) is 0 Å². The highest BCUT2D eigenvalue weighted by molar-refractivity contribution is 6.57. The summed E-state index contributed by atoms with van der Waals surface area (Å²) in [5.41, 5.74) is 7.73. The standard InChI is InChI=1S/C2H5BClN3O2/c4-2(3(8)9)1-6-7-5/h2,8-9H,1H2. The molecule has 0 rings (SSSR count). The highest BCUT2D eigenvalue weighted by atomic mass is 35.5. The Labute approximate surface area is 57.0 Å². The van der Waals surface area contributed by atoms with Crippen LogP contribution in [-0.4, -0.2) is 29.0 Å². The average molecular weight is 149 g/mol. The van der Waals surface area contributed by atoms with Gasteiger partial charge in [-0.25, -0.2) is 0 Å². The highest BCUT2D eigenvalue weighted by Gasteiger charge is 2.18. The zero-order valence-corrected chi connectivity index (χ0v) is 5.23. The van der Waals surface area contributed by atoms with Gasteiger partial charge in [-0.05, 0) is 5.53 Å². The molecule has 0 aromatic heterocycles. The molecule has 0 spiro atoms. The topological polar surface area (TPSA) is 89.2 Å². The number of nitrogens with zero attached hydrogens (tertiary/aromatic N) is 3. The molecule has 1 atom stereocenters. The van der Waals surface area contributed by atoms with Crippen LogP contribution in [0, 0.1) is 0 Å². The van der Waals surface area contributed by atoms with Crippen LogP contribution < -0.4 is 0 Å². The lowest BCUT2D eigenvalue weighted by molar-refractivity contribution is 0.402. The minimum Gasteiger partial charge on any atom is -0.426 e. The van der Waals surface area contributed by atoms with Crippen LogP contribution in [0.2, 0.25) is 0 Å². The predicted octanol–water partition coefficient (Wildman–Crippen LogP) is -0.0839. The molecule has 5 nitrogen and oxygen atoms in total. The van der Waals surface area contributed by atoms with Crippen molar-refractivity contribution < 1.29 is 10.0 Å². The lowest BCUT2D eigenvalue weighted by atomic mass is 9.86. The van der Waals surface area contributed by atoms with Crippen molar-refractivity contribution in [1.29, 1.82) is 0 Å². The van der Waals surface area contributed by atoms with Gasteiger partial charge in [0.2, 0.25) is 0 Å². The van der Waals surface area contributed by atoms with Gasteiger partial charge in [0.25, 0.3) is 0 Å². The van der Waals surface area contributed by atoms with Crippen molar-refractivity contribution in [3.05, 3.63) is 10.4 Å². The van der Waals surface area contributed by atoms with Crippen molar-refractivity contribution in [2.75, 3.05) is 6.54 Å². The molecule has 0 heterocycles. The van der Waals surface area contributed by atoms with Gasteiger partial charge in [0.1, 0.15) is 0 Å². The Kier molecular flexibility index (Phi) is 4.26. The first-order chi connectivity index (χ1) is 4.18. The van der Waals surface area contributed by atoms with E-state index in [0.717, 1.165) is 0 Å². The number of hydrogen-bond donors (Lipinski definition) is 2. The molecule has 2 N–H and O–H groups in total. The van der Waals surface area contributed by atoms with Crippen LogP contribution in [0.4, 0.5) is 0 Å². The molecule has 9 heavy (non-hydrogen) atoms. The fourth-order valence-electron chi connectivity index (χ4n) is 0.209. The summed E-state index contributed by atoms with van der Waals surface area (Å²) in [6, 6.07) is 0. The zero-order chi connectivity index (χ0) is 7.28. The molecule has 0 saturated heterocycles. The van der Waals surface area contributed by atoms with E-state index in [1.165, 1.54) is 0 Å². The van der Waals surface area contributed by atoms with Crippen LogP contribution in [0.15, 0.2) is 5.11 Å². The van der Waals surface area contributed by atoms with Crippen molar-refractivity contribution in [3.8, 4) is 0 Å². The van der Waals surface area contributed by atoms with Crippen LogP contribution in [-0.2, 0) is 0 Å². The summed E-state index contributed by atoms with van der Waals surface area (Å²) in [6.45, 7) is -0.115. The minimum absolute atomic E-state index is 0.115. The lowest BCUT2D eigenvalue weighted by Crippen LogP contribution is -2.28. The highest BCUT2D eigenvalue weighted by Crippen LogP contribution is 1.96. The lowest BCUT2D eigenvalue weighted by Gasteiger charge is -2.00. The summed E-state index contributed by atoms with van der Waals surface area (Å²) in [5.74, 6) is 0. The summed E-state index contributed by atoms with van der Waals surface area (Å²) in [5, 5.41) is 18.7. The Morgan fingerprint density at radius 1 is 1.78 bits per heavy atom. The molecule has 0 aromatic carbocycles. The minimum atomic E-state index is -1.63. The van der Waals surface area contributed by atoms with Gasteiger partial charge >= 0.3 is 7.12 Å². The van der Waals surface area contributed by atoms with E-state index in [1.54, 1.807) is 0 Å². The van der Waals surface area contributed by atoms with E-state index in [2.05, 4.69) is 10.0 Å². The number of azide groups is 1. The summed E-state index contributed by atoms with van der Waals surface area (Å²) in [4.78, 5) is 2.38. The van der Waals surface area contributed by atoms with E-state index < -0.39 is 12.4 Å². The van der Waals surface area contributed by atoms with E-state index in [4.69, 9.17) is 27.2 Å². The fraction of sp³-hybridized carbons (Fsp3) is 1.00. The quantitative estimate of drug-likeness (QED) is 0.193. The molecule has 0 bridgehead atoms. The van der Waals surface area contributed by atoms with Gasteiger partial charge < -0.3 is 10.0 Å². The second-order valence-corrected chi connectivity index (χ2v) is 1.90. The molecule has 0 saturated carbocycles. The molecule has 0 radical (unpaired) electrons. The van der Waals surface area contributed by atoms with Gasteiger partial charge in [0.05, 0.1) is 5.28 Å². The van der Waals surface area contributed by atoms with Crippen LogP contribution in [0.5, 0.6) is 0 Å². The molecule has 1 unspecified atom stereocenters. The first-order valence-electron chi connectivity index (χ1n) is 2.19. The third-order valence-corrected chi connectivity index (χ3v) is 1.01. The second-order valence-electron chi connectivity index (χ2n) is 1.34. The smallest absolute Gasteiger partial charge is 0.426 e. The Balaban J connectivity index is 3.49. The second kappa shape index (κ2) is 4.46. The monoisotopic (exact) mass is 149 g/mol. The van der Waals surface area contributed by atoms with Gasteiger partial charge in [-0.2, -0.15) is 0 Å². The SMILES string of the molecule is [N-]=[N+]=NCC(Cl)B(O)O. The van der Waals surface area contributed by atoms with Crippen molar-refractivity contribution in [1.82, 2.24) is 0 Å². The van der Waals surface area contributed by atoms with Gasteiger partial charge in [-0.1, -0.05) is 5.11 Å². The van der Waals surface area contributed by atoms with E-state index >= 15 is 0 Å². The molecule has 7 heteroatoms. The Bertz CT molecular complexity index is 125. The molecule has 0 aliphatic rings. The largest absolute Gasteiger partial charge is 0.470 e. The molecular weight excluding hydrogens is 144 g/mol. The van der Waals surface area contributed by atoms with Gasteiger partial charge in [0.15, 0.2) is 0 Å². The Morgan fingerprint density at radius 2 is 2.33 bits per heavy atom. The molecule has 0 aliphatic carbocycles. The Morgan fingerprint density at radius 3 is 2.67 bits per heavy atom. The average Bonchev–Trinajstić information content (AvgIpc) is 1.82. The third-order valence-electron chi connectivity index (χ3n) is 0.643. The van der Waals surface area contributed by atoms with Crippen LogP contribution in [0.25, 0.3) is 10.4 Å². The van der Waals surface area contributed by atoms with E-state index in [-0.39, 0.29) is 6.54 Å². The molecule has 50 valence electrons. The number of halogens is 1. The first-order valence-corrected chi connectivity index (χ1v) is 2.63. The van der Waals surface area contributed by atoms with E-state index in [1.807, 2.05) is 0 Å². The molecule has 0 amide bonds. The Hall–Kier alpha value is -0.415. The first kappa shape index (κ1) is 8.58. The normalized spacial score (nSPS) is 11.9. The third kappa shape index (κ3) is 4.11. The maximum atomic E-state index is 8.29. The summed E-state index contributed by atoms with van der Waals surface area (Å²) in [6.07, 6.45) is 0. The number of rotatable bonds is 3. The van der Waals surface area contributed by atoms with Gasteiger partial charge in [-0.3, -0.25) is 0 Å². The zero-order valence-electron chi connectivity index (χ0n) is 4.48. The molecular formula is C2H5BClN3O2.